The van der Waals surface area contributed by atoms with Gasteiger partial charge in [0.15, 0.2) is 11.6 Å². The summed E-state index contributed by atoms with van der Waals surface area (Å²) in [4.78, 5) is 8.65. The molecular formula is C7H11FN4O. The molecule has 1 aromatic rings. The molecule has 0 saturated carbocycles. The van der Waals surface area contributed by atoms with Crippen molar-refractivity contribution in [2.75, 3.05) is 30.8 Å². The lowest BCUT2D eigenvalue weighted by atomic mass is 10.5. The molecule has 0 spiro atoms. The van der Waals surface area contributed by atoms with Crippen molar-refractivity contribution in [3.05, 3.63) is 12.0 Å². The van der Waals surface area contributed by atoms with Crippen LogP contribution in [0.1, 0.15) is 0 Å². The molecule has 0 amide bonds. The van der Waals surface area contributed by atoms with E-state index in [1.165, 1.54) is 4.90 Å². The molecule has 6 heteroatoms. The van der Waals surface area contributed by atoms with Crippen LogP contribution in [0, 0.1) is 5.82 Å². The smallest absolute Gasteiger partial charge is 0.222 e. The molecule has 0 aromatic carbocycles. The molecule has 1 heterocycles. The summed E-state index contributed by atoms with van der Waals surface area (Å²) < 4.78 is 13.0. The van der Waals surface area contributed by atoms with Crippen LogP contribution in [0.25, 0.3) is 0 Å². The molecule has 0 radical (unpaired) electrons. The van der Waals surface area contributed by atoms with Crippen molar-refractivity contribution in [1.82, 2.24) is 9.97 Å². The van der Waals surface area contributed by atoms with Gasteiger partial charge in [0.05, 0.1) is 12.8 Å². The Morgan fingerprint density at radius 2 is 2.38 bits per heavy atom. The highest BCUT2D eigenvalue weighted by Gasteiger charge is 2.09. The Balaban J connectivity index is 2.91. The second kappa shape index (κ2) is 3.99. The third-order valence-electron chi connectivity index (χ3n) is 1.54. The monoisotopic (exact) mass is 186 g/mol. The van der Waals surface area contributed by atoms with Gasteiger partial charge < -0.3 is 15.7 Å². The molecule has 3 N–H and O–H groups in total. The molecular weight excluding hydrogens is 175 g/mol. The first-order valence-electron chi connectivity index (χ1n) is 3.75. The number of hydrogen-bond donors (Lipinski definition) is 2. The van der Waals surface area contributed by atoms with E-state index in [0.29, 0.717) is 6.54 Å². The lowest BCUT2D eigenvalue weighted by Gasteiger charge is -2.16. The zero-order valence-electron chi connectivity index (χ0n) is 7.24. The molecule has 0 saturated heterocycles. The minimum atomic E-state index is -0.551. The van der Waals surface area contributed by atoms with E-state index in [4.69, 9.17) is 10.8 Å². The number of aliphatic hydroxyl groups excluding tert-OH is 1. The van der Waals surface area contributed by atoms with Gasteiger partial charge in [-0.3, -0.25) is 0 Å². The van der Waals surface area contributed by atoms with Crippen molar-refractivity contribution in [2.45, 2.75) is 0 Å². The van der Waals surface area contributed by atoms with Crippen LogP contribution in [0.15, 0.2) is 6.20 Å². The zero-order valence-corrected chi connectivity index (χ0v) is 7.24. The summed E-state index contributed by atoms with van der Waals surface area (Å²) >= 11 is 0. The third-order valence-corrected chi connectivity index (χ3v) is 1.54. The van der Waals surface area contributed by atoms with Gasteiger partial charge in [-0.25, -0.2) is 9.37 Å². The number of anilines is 2. The third kappa shape index (κ3) is 2.25. The van der Waals surface area contributed by atoms with E-state index in [1.807, 2.05) is 0 Å². The van der Waals surface area contributed by atoms with E-state index >= 15 is 0 Å². The van der Waals surface area contributed by atoms with Gasteiger partial charge in [0, 0.05) is 13.6 Å². The number of halogens is 1. The number of nitrogens with two attached hydrogens (primary N) is 1. The van der Waals surface area contributed by atoms with Crippen LogP contribution >= 0.6 is 0 Å². The predicted octanol–water partition coefficient (Wildman–Crippen LogP) is -0.374. The number of aromatic nitrogens is 2. The van der Waals surface area contributed by atoms with E-state index in [9.17, 15) is 4.39 Å². The van der Waals surface area contributed by atoms with E-state index in [1.54, 1.807) is 7.05 Å². The highest BCUT2D eigenvalue weighted by molar-refractivity contribution is 5.41. The predicted molar refractivity (Wildman–Crippen MR) is 46.8 cm³/mol. The average Bonchev–Trinajstić information content (AvgIpc) is 2.09. The van der Waals surface area contributed by atoms with E-state index < -0.39 is 5.82 Å². The molecule has 0 aliphatic rings. The number of rotatable bonds is 3. The largest absolute Gasteiger partial charge is 0.395 e. The standard InChI is InChI=1S/C7H11FN4O/c1-12(2-3-13)6-5(8)4-10-7(9)11-6/h4,13H,2-3H2,1H3,(H2,9,10,11). The highest BCUT2D eigenvalue weighted by Crippen LogP contribution is 2.13. The second-order valence-corrected chi connectivity index (χ2v) is 2.54. The summed E-state index contributed by atoms with van der Waals surface area (Å²) in [7, 11) is 1.61. The van der Waals surface area contributed by atoms with Gasteiger partial charge >= 0.3 is 0 Å². The molecule has 0 aliphatic carbocycles. The van der Waals surface area contributed by atoms with Crippen molar-refractivity contribution in [1.29, 1.82) is 0 Å². The van der Waals surface area contributed by atoms with Crippen LogP contribution in [0.3, 0.4) is 0 Å². The number of hydrogen-bond acceptors (Lipinski definition) is 5. The van der Waals surface area contributed by atoms with Crippen LogP contribution in [-0.4, -0.2) is 35.3 Å². The molecule has 1 rings (SSSR count). The maximum absolute atomic E-state index is 13.0. The second-order valence-electron chi connectivity index (χ2n) is 2.54. The quantitative estimate of drug-likeness (QED) is 0.673. The number of nitrogens with zero attached hydrogens (tertiary/aromatic N) is 3. The number of likely N-dealkylation sites (N-methyl/N-ethyl adjacent to an activating group) is 1. The van der Waals surface area contributed by atoms with Crippen molar-refractivity contribution >= 4 is 11.8 Å². The molecule has 5 nitrogen and oxygen atoms in total. The summed E-state index contributed by atoms with van der Waals surface area (Å²) in [5, 5.41) is 8.62. The fraction of sp³-hybridized carbons (Fsp3) is 0.429. The summed E-state index contributed by atoms with van der Waals surface area (Å²) in [5.41, 5.74) is 5.28. The van der Waals surface area contributed by atoms with Crippen LogP contribution < -0.4 is 10.6 Å². The number of nitrogen functional groups attached to an aromatic ring is 1. The summed E-state index contributed by atoms with van der Waals surface area (Å²) in [6, 6.07) is 0. The van der Waals surface area contributed by atoms with E-state index in [2.05, 4.69) is 9.97 Å². The van der Waals surface area contributed by atoms with Gasteiger partial charge in [0.2, 0.25) is 5.95 Å². The van der Waals surface area contributed by atoms with Gasteiger partial charge in [-0.2, -0.15) is 4.98 Å². The number of aliphatic hydroxyl groups is 1. The molecule has 0 atom stereocenters. The van der Waals surface area contributed by atoms with Crippen LogP contribution in [0.2, 0.25) is 0 Å². The van der Waals surface area contributed by atoms with Gasteiger partial charge in [-0.05, 0) is 0 Å². The van der Waals surface area contributed by atoms with Gasteiger partial charge in [-0.1, -0.05) is 0 Å². The maximum atomic E-state index is 13.0. The van der Waals surface area contributed by atoms with Gasteiger partial charge in [0.1, 0.15) is 0 Å². The van der Waals surface area contributed by atoms with Crippen molar-refractivity contribution in [2.24, 2.45) is 0 Å². The molecule has 13 heavy (non-hydrogen) atoms. The van der Waals surface area contributed by atoms with Gasteiger partial charge in [0.25, 0.3) is 0 Å². The Morgan fingerprint density at radius 3 is 3.00 bits per heavy atom. The Bertz CT molecular complexity index is 294. The first-order valence-corrected chi connectivity index (χ1v) is 3.75. The molecule has 0 fully saturated rings. The van der Waals surface area contributed by atoms with Crippen molar-refractivity contribution in [3.8, 4) is 0 Å². The molecule has 1 aromatic heterocycles. The molecule has 0 aliphatic heterocycles. The Kier molecular flexibility index (Phi) is 2.97. The Morgan fingerprint density at radius 1 is 1.69 bits per heavy atom. The first kappa shape index (κ1) is 9.66. The SMILES string of the molecule is CN(CCO)c1nc(N)ncc1F. The first-order chi connectivity index (χ1) is 6.15. The lowest BCUT2D eigenvalue weighted by molar-refractivity contribution is 0.303. The topological polar surface area (TPSA) is 75.3 Å². The fourth-order valence-corrected chi connectivity index (χ4v) is 0.895. The van der Waals surface area contributed by atoms with Gasteiger partial charge in [-0.15, -0.1) is 0 Å². The van der Waals surface area contributed by atoms with Crippen molar-refractivity contribution < 1.29 is 9.50 Å². The van der Waals surface area contributed by atoms with Crippen LogP contribution in [-0.2, 0) is 0 Å². The van der Waals surface area contributed by atoms with Crippen LogP contribution in [0.5, 0.6) is 0 Å². The maximum Gasteiger partial charge on any atom is 0.222 e. The minimum absolute atomic E-state index is 0.0150. The molecule has 0 bridgehead atoms. The summed E-state index contributed by atoms with van der Waals surface area (Å²) in [6.45, 7) is 0.229. The zero-order chi connectivity index (χ0) is 9.84. The molecule has 72 valence electrons. The van der Waals surface area contributed by atoms with E-state index in [0.717, 1.165) is 6.20 Å². The highest BCUT2D eigenvalue weighted by atomic mass is 19.1. The summed E-state index contributed by atoms with van der Waals surface area (Å²) in [5.74, 6) is -0.437. The van der Waals surface area contributed by atoms with E-state index in [-0.39, 0.29) is 18.4 Å². The Labute approximate surface area is 75.0 Å². The normalized spacial score (nSPS) is 10.1. The van der Waals surface area contributed by atoms with Crippen molar-refractivity contribution in [3.63, 3.8) is 0 Å². The fourth-order valence-electron chi connectivity index (χ4n) is 0.895. The Hall–Kier alpha value is -1.43. The van der Waals surface area contributed by atoms with Crippen LogP contribution in [0.4, 0.5) is 16.2 Å². The lowest BCUT2D eigenvalue weighted by Crippen LogP contribution is -2.23. The average molecular weight is 186 g/mol. The summed E-state index contributed by atoms with van der Waals surface area (Å²) in [6.07, 6.45) is 1.01. The molecule has 0 unspecified atom stereocenters. The minimum Gasteiger partial charge on any atom is -0.395 e.